The van der Waals surface area contributed by atoms with E-state index >= 15 is 0 Å². The van der Waals surface area contributed by atoms with Crippen LogP contribution in [0.25, 0.3) is 11.4 Å². The molecule has 0 atom stereocenters. The lowest BCUT2D eigenvalue weighted by Gasteiger charge is -2.10. The van der Waals surface area contributed by atoms with Gasteiger partial charge in [-0.1, -0.05) is 30.0 Å². The molecule has 29 heavy (non-hydrogen) atoms. The fraction of sp³-hybridized carbons (Fsp3) is 0.227. The molecule has 0 aliphatic carbocycles. The van der Waals surface area contributed by atoms with Crippen molar-refractivity contribution in [3.8, 4) is 17.1 Å². The van der Waals surface area contributed by atoms with Gasteiger partial charge in [-0.2, -0.15) is 0 Å². The minimum Gasteiger partial charge on any atom is -0.496 e. The quantitative estimate of drug-likeness (QED) is 0.203. The third-order valence-corrected chi connectivity index (χ3v) is 5.37. The zero-order valence-corrected chi connectivity index (χ0v) is 17.0. The van der Waals surface area contributed by atoms with Gasteiger partial charge in [0.1, 0.15) is 11.6 Å². The summed E-state index contributed by atoms with van der Waals surface area (Å²) in [5.74, 6) is 1.82. The third-order valence-electron chi connectivity index (χ3n) is 4.32. The number of rotatable bonds is 10. The average Bonchev–Trinajstić information content (AvgIpc) is 3.14. The lowest BCUT2D eigenvalue weighted by atomic mass is 10.1. The summed E-state index contributed by atoms with van der Waals surface area (Å²) in [6.07, 6.45) is 2.88. The summed E-state index contributed by atoms with van der Waals surface area (Å²) in [5, 5.41) is 9.43. The highest BCUT2D eigenvalue weighted by atomic mass is 32.2. The summed E-state index contributed by atoms with van der Waals surface area (Å²) < 4.78 is 20.4. The van der Waals surface area contributed by atoms with Gasteiger partial charge in [0, 0.05) is 24.3 Å². The summed E-state index contributed by atoms with van der Waals surface area (Å²) in [4.78, 5) is 12.2. The standard InChI is InChI=1S/C22H22FN3O2S/c1-3-14-26-21(18-7-4-5-9-20(18)28-2)24-25-22(26)29-15-6-8-19(27)16-10-12-17(23)13-11-16/h3-5,7,9-13H,1,6,8,14-15H2,2H3. The molecular weight excluding hydrogens is 389 g/mol. The molecule has 1 heterocycles. The van der Waals surface area contributed by atoms with E-state index in [2.05, 4.69) is 16.8 Å². The summed E-state index contributed by atoms with van der Waals surface area (Å²) in [6, 6.07) is 13.3. The van der Waals surface area contributed by atoms with Gasteiger partial charge in [0.25, 0.3) is 0 Å². The molecule has 0 N–H and O–H groups in total. The first-order chi connectivity index (χ1) is 14.1. The second-order valence-corrected chi connectivity index (χ2v) is 7.35. The van der Waals surface area contributed by atoms with Crippen molar-refractivity contribution in [1.29, 1.82) is 0 Å². The molecule has 5 nitrogen and oxygen atoms in total. The predicted molar refractivity (Wildman–Crippen MR) is 113 cm³/mol. The number of para-hydroxylation sites is 1. The largest absolute Gasteiger partial charge is 0.496 e. The highest BCUT2D eigenvalue weighted by Gasteiger charge is 2.16. The normalized spacial score (nSPS) is 10.7. The smallest absolute Gasteiger partial charge is 0.191 e. The van der Waals surface area contributed by atoms with Gasteiger partial charge in [0.15, 0.2) is 16.8 Å². The number of Topliss-reactive ketones (excluding diaryl/α,β-unsaturated/α-hetero) is 1. The Labute approximate surface area is 173 Å². The molecule has 150 valence electrons. The maximum atomic E-state index is 13.0. The van der Waals surface area contributed by atoms with E-state index in [1.165, 1.54) is 24.3 Å². The number of ketones is 1. The van der Waals surface area contributed by atoms with Gasteiger partial charge in [0.2, 0.25) is 0 Å². The Balaban J connectivity index is 1.65. The SMILES string of the molecule is C=CCn1c(SCCCC(=O)c2ccc(F)cc2)nnc1-c1ccccc1OC. The molecule has 0 aliphatic rings. The first-order valence-electron chi connectivity index (χ1n) is 9.23. The molecule has 3 aromatic rings. The van der Waals surface area contributed by atoms with Crippen LogP contribution in [0.15, 0.2) is 66.3 Å². The van der Waals surface area contributed by atoms with E-state index in [0.29, 0.717) is 36.5 Å². The number of nitrogens with zero attached hydrogens (tertiary/aromatic N) is 3. The van der Waals surface area contributed by atoms with Crippen LogP contribution in [0, 0.1) is 5.82 Å². The summed E-state index contributed by atoms with van der Waals surface area (Å²) in [6.45, 7) is 4.39. The minimum atomic E-state index is -0.343. The van der Waals surface area contributed by atoms with E-state index in [0.717, 1.165) is 16.5 Å². The van der Waals surface area contributed by atoms with E-state index in [9.17, 15) is 9.18 Å². The summed E-state index contributed by atoms with van der Waals surface area (Å²) in [7, 11) is 1.63. The number of methoxy groups -OCH3 is 1. The molecule has 2 aromatic carbocycles. The summed E-state index contributed by atoms with van der Waals surface area (Å²) >= 11 is 1.54. The van der Waals surface area contributed by atoms with E-state index in [4.69, 9.17) is 4.74 Å². The lowest BCUT2D eigenvalue weighted by Crippen LogP contribution is -2.03. The Kier molecular flexibility index (Phi) is 7.19. The van der Waals surface area contributed by atoms with Gasteiger partial charge in [-0.05, 0) is 42.8 Å². The molecule has 0 spiro atoms. The third kappa shape index (κ3) is 5.12. The van der Waals surface area contributed by atoms with Crippen LogP contribution in [-0.2, 0) is 6.54 Å². The Morgan fingerprint density at radius 3 is 2.69 bits per heavy atom. The Morgan fingerprint density at radius 1 is 1.21 bits per heavy atom. The first kappa shape index (κ1) is 20.8. The number of hydrogen-bond acceptors (Lipinski definition) is 5. The number of thioether (sulfide) groups is 1. The van der Waals surface area contributed by atoms with Crippen molar-refractivity contribution in [2.45, 2.75) is 24.5 Å². The molecule has 7 heteroatoms. The van der Waals surface area contributed by atoms with E-state index in [-0.39, 0.29) is 11.6 Å². The molecule has 0 amide bonds. The fourth-order valence-corrected chi connectivity index (χ4v) is 3.78. The lowest BCUT2D eigenvalue weighted by molar-refractivity contribution is 0.0982. The second kappa shape index (κ2) is 10.0. The Morgan fingerprint density at radius 2 is 1.97 bits per heavy atom. The number of ether oxygens (including phenoxy) is 1. The molecule has 0 saturated carbocycles. The molecule has 0 unspecified atom stereocenters. The summed E-state index contributed by atoms with van der Waals surface area (Å²) in [5.41, 5.74) is 1.40. The number of allylic oxidation sites excluding steroid dienone is 1. The fourth-order valence-electron chi connectivity index (χ4n) is 2.89. The van der Waals surface area contributed by atoms with Crippen LogP contribution in [0.2, 0.25) is 0 Å². The van der Waals surface area contributed by atoms with Crippen molar-refractivity contribution in [2.24, 2.45) is 0 Å². The van der Waals surface area contributed by atoms with Crippen molar-refractivity contribution in [3.63, 3.8) is 0 Å². The van der Waals surface area contributed by atoms with Gasteiger partial charge in [0.05, 0.1) is 12.7 Å². The molecule has 0 bridgehead atoms. The molecule has 0 saturated heterocycles. The van der Waals surface area contributed by atoms with Crippen molar-refractivity contribution >= 4 is 17.5 Å². The molecule has 0 aliphatic heterocycles. The van der Waals surface area contributed by atoms with Gasteiger partial charge in [-0.25, -0.2) is 4.39 Å². The molecular formula is C22H22FN3O2S. The van der Waals surface area contributed by atoms with Crippen LogP contribution in [0.3, 0.4) is 0 Å². The van der Waals surface area contributed by atoms with Crippen molar-refractivity contribution in [3.05, 3.63) is 72.6 Å². The van der Waals surface area contributed by atoms with Gasteiger partial charge in [-0.3, -0.25) is 9.36 Å². The van der Waals surface area contributed by atoms with Crippen LogP contribution in [-0.4, -0.2) is 33.4 Å². The molecule has 1 aromatic heterocycles. The van der Waals surface area contributed by atoms with Crippen molar-refractivity contribution < 1.29 is 13.9 Å². The molecule has 3 rings (SSSR count). The number of halogens is 1. The van der Waals surface area contributed by atoms with E-state index < -0.39 is 0 Å². The Hall–Kier alpha value is -2.93. The number of carbonyl (C=O) groups excluding carboxylic acids is 1. The first-order valence-corrected chi connectivity index (χ1v) is 10.2. The molecule has 0 fully saturated rings. The van der Waals surface area contributed by atoms with Crippen LogP contribution in [0.5, 0.6) is 5.75 Å². The van der Waals surface area contributed by atoms with Crippen LogP contribution in [0.4, 0.5) is 4.39 Å². The number of benzene rings is 2. The van der Waals surface area contributed by atoms with Crippen LogP contribution >= 0.6 is 11.8 Å². The van der Waals surface area contributed by atoms with Gasteiger partial charge < -0.3 is 4.74 Å². The number of hydrogen-bond donors (Lipinski definition) is 0. The van der Waals surface area contributed by atoms with Gasteiger partial charge in [-0.15, -0.1) is 16.8 Å². The second-order valence-electron chi connectivity index (χ2n) is 6.29. The molecule has 0 radical (unpaired) electrons. The van der Waals surface area contributed by atoms with Gasteiger partial charge >= 0.3 is 0 Å². The highest BCUT2D eigenvalue weighted by Crippen LogP contribution is 2.31. The monoisotopic (exact) mass is 411 g/mol. The topological polar surface area (TPSA) is 57.0 Å². The highest BCUT2D eigenvalue weighted by molar-refractivity contribution is 7.99. The zero-order valence-electron chi connectivity index (χ0n) is 16.2. The maximum absolute atomic E-state index is 13.0. The zero-order chi connectivity index (χ0) is 20.6. The van der Waals surface area contributed by atoms with Crippen LogP contribution in [0.1, 0.15) is 23.2 Å². The number of carbonyl (C=O) groups is 1. The number of aromatic nitrogens is 3. The average molecular weight is 412 g/mol. The van der Waals surface area contributed by atoms with E-state index in [1.54, 1.807) is 24.9 Å². The maximum Gasteiger partial charge on any atom is 0.191 e. The predicted octanol–water partition coefficient (Wildman–Crippen LogP) is 5.03. The van der Waals surface area contributed by atoms with Crippen molar-refractivity contribution in [1.82, 2.24) is 14.8 Å². The van der Waals surface area contributed by atoms with E-state index in [1.807, 2.05) is 28.8 Å². The minimum absolute atomic E-state index is 0.00729. The Bertz CT molecular complexity index is 986. The van der Waals surface area contributed by atoms with Crippen LogP contribution < -0.4 is 4.74 Å². The van der Waals surface area contributed by atoms with Crippen molar-refractivity contribution in [2.75, 3.05) is 12.9 Å².